The molecule has 0 aliphatic carbocycles. The van der Waals surface area contributed by atoms with Gasteiger partial charge < -0.3 is 24.1 Å². The van der Waals surface area contributed by atoms with Crippen LogP contribution >= 0.6 is 0 Å². The minimum Gasteiger partial charge on any atom is -0.632 e. The zero-order valence-corrected chi connectivity index (χ0v) is 16.5. The van der Waals surface area contributed by atoms with E-state index in [1.807, 2.05) is 72.8 Å². The maximum absolute atomic E-state index is 13.9. The molecule has 0 saturated carbocycles. The highest BCUT2D eigenvalue weighted by molar-refractivity contribution is 5.44. The summed E-state index contributed by atoms with van der Waals surface area (Å²) in [4.78, 5) is 0. The molecule has 0 bridgehead atoms. The highest BCUT2D eigenvalue weighted by Crippen LogP contribution is 2.33. The van der Waals surface area contributed by atoms with Crippen molar-refractivity contribution < 1.29 is 18.9 Å². The van der Waals surface area contributed by atoms with Crippen molar-refractivity contribution in [1.29, 1.82) is 0 Å². The molecule has 1 aliphatic rings. The molecule has 0 fully saturated rings. The van der Waals surface area contributed by atoms with E-state index in [0.717, 1.165) is 28.2 Å². The first-order valence-electron chi connectivity index (χ1n) is 9.76. The van der Waals surface area contributed by atoms with Gasteiger partial charge in [-0.2, -0.15) is 0 Å². The molecule has 3 aromatic rings. The predicted molar refractivity (Wildman–Crippen MR) is 112 cm³/mol. The van der Waals surface area contributed by atoms with Gasteiger partial charge in [0.1, 0.15) is 18.8 Å². The van der Waals surface area contributed by atoms with Crippen LogP contribution in [0.3, 0.4) is 0 Å². The summed E-state index contributed by atoms with van der Waals surface area (Å²) in [6, 6.07) is 23.6. The van der Waals surface area contributed by atoms with E-state index < -0.39 is 0 Å². The third-order valence-corrected chi connectivity index (χ3v) is 5.19. The zero-order valence-electron chi connectivity index (χ0n) is 16.5. The van der Waals surface area contributed by atoms with E-state index in [0.29, 0.717) is 31.8 Å². The fourth-order valence-electron chi connectivity index (χ4n) is 3.63. The summed E-state index contributed by atoms with van der Waals surface area (Å²) in [5.74, 6) is 2.27. The summed E-state index contributed by atoms with van der Waals surface area (Å²) in [7, 11) is 1.65. The summed E-state index contributed by atoms with van der Waals surface area (Å²) in [5.41, 5.74) is 3.12. The molecule has 0 radical (unpaired) electrons. The van der Waals surface area contributed by atoms with Crippen molar-refractivity contribution in [2.45, 2.75) is 19.5 Å². The third-order valence-electron chi connectivity index (χ3n) is 5.19. The van der Waals surface area contributed by atoms with E-state index >= 15 is 0 Å². The lowest BCUT2D eigenvalue weighted by atomic mass is 10.1. The number of ether oxygens (including phenoxy) is 3. The first kappa shape index (κ1) is 19.3. The lowest BCUT2D eigenvalue weighted by molar-refractivity contribution is -0.907. The smallest absolute Gasteiger partial charge is 0.231 e. The van der Waals surface area contributed by atoms with Crippen molar-refractivity contribution in [2.75, 3.05) is 20.4 Å². The van der Waals surface area contributed by atoms with Gasteiger partial charge in [-0.15, -0.1) is 0 Å². The van der Waals surface area contributed by atoms with Gasteiger partial charge in [0.2, 0.25) is 6.79 Å². The topological polar surface area (TPSA) is 50.8 Å². The molecule has 5 nitrogen and oxygen atoms in total. The van der Waals surface area contributed by atoms with Gasteiger partial charge in [-0.25, -0.2) is 0 Å². The van der Waals surface area contributed by atoms with Crippen molar-refractivity contribution in [1.82, 2.24) is 0 Å². The molecule has 1 aliphatic heterocycles. The number of nitrogens with zero attached hydrogens (tertiary/aromatic N) is 1. The van der Waals surface area contributed by atoms with Gasteiger partial charge in [0.25, 0.3) is 0 Å². The average Bonchev–Trinajstić information content (AvgIpc) is 3.21. The Morgan fingerprint density at radius 2 is 1.52 bits per heavy atom. The molecular formula is C24H25NO4. The van der Waals surface area contributed by atoms with Crippen LogP contribution in [-0.2, 0) is 19.5 Å². The van der Waals surface area contributed by atoms with Gasteiger partial charge in [0, 0.05) is 17.5 Å². The van der Waals surface area contributed by atoms with Crippen LogP contribution in [0.1, 0.15) is 16.7 Å². The normalized spacial score (nSPS) is 14.4. The molecule has 1 atom stereocenters. The third kappa shape index (κ3) is 4.88. The summed E-state index contributed by atoms with van der Waals surface area (Å²) in [6.07, 6.45) is 0.699. The van der Waals surface area contributed by atoms with Crippen LogP contribution in [0.15, 0.2) is 72.8 Å². The molecule has 0 N–H and O–H groups in total. The fraction of sp³-hybridized carbons (Fsp3) is 0.250. The van der Waals surface area contributed by atoms with E-state index in [4.69, 9.17) is 14.2 Å². The molecule has 29 heavy (non-hydrogen) atoms. The number of fused-ring (bicyclic) bond motifs is 1. The SMILES string of the molecule is COc1ccc(CC[N+]([O-])(Cc2ccccc2)Cc2ccc3c(c2)OCO3)cc1. The first-order chi connectivity index (χ1) is 14.1. The van der Waals surface area contributed by atoms with Gasteiger partial charge >= 0.3 is 0 Å². The minimum absolute atomic E-state index is 0.234. The second kappa shape index (κ2) is 8.55. The molecule has 150 valence electrons. The van der Waals surface area contributed by atoms with E-state index in [1.54, 1.807) is 7.11 Å². The van der Waals surface area contributed by atoms with Crippen LogP contribution in [0, 0.1) is 5.21 Å². The molecule has 3 aromatic carbocycles. The highest BCUT2D eigenvalue weighted by Gasteiger charge is 2.21. The Hall–Kier alpha value is -3.02. The van der Waals surface area contributed by atoms with Gasteiger partial charge in [-0.1, -0.05) is 42.5 Å². The lowest BCUT2D eigenvalue weighted by Gasteiger charge is -2.43. The van der Waals surface area contributed by atoms with Crippen molar-refractivity contribution in [3.8, 4) is 17.2 Å². The molecule has 0 saturated heterocycles. The maximum atomic E-state index is 13.9. The van der Waals surface area contributed by atoms with Crippen LogP contribution in [0.25, 0.3) is 0 Å². The Morgan fingerprint density at radius 1 is 0.828 bits per heavy atom. The Morgan fingerprint density at radius 3 is 2.28 bits per heavy atom. The number of rotatable bonds is 8. The van der Waals surface area contributed by atoms with Crippen LogP contribution in [0.2, 0.25) is 0 Å². The molecule has 1 unspecified atom stereocenters. The van der Waals surface area contributed by atoms with E-state index in [9.17, 15) is 5.21 Å². The van der Waals surface area contributed by atoms with Crippen LogP contribution in [0.4, 0.5) is 0 Å². The van der Waals surface area contributed by atoms with E-state index in [1.165, 1.54) is 0 Å². The van der Waals surface area contributed by atoms with Crippen LogP contribution in [-0.4, -0.2) is 25.1 Å². The summed E-state index contributed by atoms with van der Waals surface area (Å²) < 4.78 is 15.8. The minimum atomic E-state index is -0.338. The number of benzene rings is 3. The number of hydroxylamine groups is 3. The largest absolute Gasteiger partial charge is 0.632 e. The van der Waals surface area contributed by atoms with Gasteiger partial charge in [-0.3, -0.25) is 0 Å². The average molecular weight is 391 g/mol. The van der Waals surface area contributed by atoms with Crippen molar-refractivity contribution >= 4 is 0 Å². The Kier molecular flexibility index (Phi) is 5.69. The Balaban J connectivity index is 1.52. The van der Waals surface area contributed by atoms with E-state index in [-0.39, 0.29) is 11.4 Å². The summed E-state index contributed by atoms with van der Waals surface area (Å²) >= 11 is 0. The first-order valence-corrected chi connectivity index (χ1v) is 9.76. The highest BCUT2D eigenvalue weighted by atomic mass is 16.7. The Bertz CT molecular complexity index is 943. The number of hydrogen-bond acceptors (Lipinski definition) is 4. The number of methoxy groups -OCH3 is 1. The molecule has 0 spiro atoms. The maximum Gasteiger partial charge on any atom is 0.231 e. The van der Waals surface area contributed by atoms with Gasteiger partial charge in [0.15, 0.2) is 11.5 Å². The monoisotopic (exact) mass is 391 g/mol. The molecule has 1 heterocycles. The number of quaternary nitrogens is 1. The molecule has 0 aromatic heterocycles. The molecule has 0 amide bonds. The molecule has 4 rings (SSSR count). The summed E-state index contributed by atoms with van der Waals surface area (Å²) in [6.45, 7) is 1.51. The van der Waals surface area contributed by atoms with Crippen molar-refractivity contribution in [3.05, 3.63) is 94.7 Å². The standard InChI is InChI=1S/C24H25NO4/c1-27-22-10-7-19(8-11-22)13-14-25(26,16-20-5-3-2-4-6-20)17-21-9-12-23-24(15-21)29-18-28-23/h2-12,15H,13-14,16-18H2,1H3. The fourth-order valence-corrected chi connectivity index (χ4v) is 3.63. The van der Waals surface area contributed by atoms with E-state index in [2.05, 4.69) is 0 Å². The van der Waals surface area contributed by atoms with Gasteiger partial charge in [-0.05, 0) is 35.9 Å². The second-order valence-corrected chi connectivity index (χ2v) is 7.37. The van der Waals surface area contributed by atoms with Crippen molar-refractivity contribution in [3.63, 3.8) is 0 Å². The Labute approximate surface area is 171 Å². The predicted octanol–water partition coefficient (Wildman–Crippen LogP) is 4.68. The number of hydrogen-bond donors (Lipinski definition) is 0. The summed E-state index contributed by atoms with van der Waals surface area (Å²) in [5, 5.41) is 13.9. The lowest BCUT2D eigenvalue weighted by Crippen LogP contribution is -2.42. The van der Waals surface area contributed by atoms with Crippen LogP contribution in [0.5, 0.6) is 17.2 Å². The zero-order chi connectivity index (χ0) is 20.1. The van der Waals surface area contributed by atoms with Crippen molar-refractivity contribution in [2.24, 2.45) is 0 Å². The van der Waals surface area contributed by atoms with Crippen LogP contribution < -0.4 is 14.2 Å². The molecule has 5 heteroatoms. The quantitative estimate of drug-likeness (QED) is 0.413. The van der Waals surface area contributed by atoms with Gasteiger partial charge in [0.05, 0.1) is 13.7 Å². The second-order valence-electron chi connectivity index (χ2n) is 7.37. The molecular weight excluding hydrogens is 366 g/mol.